The summed E-state index contributed by atoms with van der Waals surface area (Å²) in [6.45, 7) is 2.02. The lowest BCUT2D eigenvalue weighted by atomic mass is 10.1. The molecule has 0 saturated heterocycles. The largest absolute Gasteiger partial charge is 0.504 e. The van der Waals surface area contributed by atoms with Gasteiger partial charge in [0.15, 0.2) is 17.3 Å². The molecular weight excluding hydrogens is 268 g/mol. The van der Waals surface area contributed by atoms with Gasteiger partial charge in [0, 0.05) is 6.42 Å². The summed E-state index contributed by atoms with van der Waals surface area (Å²) in [5.41, 5.74) is 2.57. The molecule has 5 nitrogen and oxygen atoms in total. The van der Waals surface area contributed by atoms with E-state index in [1.165, 1.54) is 11.6 Å². The SMILES string of the molecule is Cc1cccc(Cc2noc(-c3cccc(O)c3O)n2)c1. The zero-order valence-electron chi connectivity index (χ0n) is 11.4. The van der Waals surface area contributed by atoms with Crippen molar-refractivity contribution in [2.24, 2.45) is 0 Å². The van der Waals surface area contributed by atoms with Crippen LogP contribution in [0.4, 0.5) is 0 Å². The van der Waals surface area contributed by atoms with Gasteiger partial charge in [0.1, 0.15) is 0 Å². The van der Waals surface area contributed by atoms with Crippen molar-refractivity contribution < 1.29 is 14.7 Å². The molecule has 2 aromatic carbocycles. The van der Waals surface area contributed by atoms with Crippen molar-refractivity contribution in [2.75, 3.05) is 0 Å². The Labute approximate surface area is 121 Å². The van der Waals surface area contributed by atoms with E-state index in [0.29, 0.717) is 17.8 Å². The highest BCUT2D eigenvalue weighted by Gasteiger charge is 2.15. The zero-order valence-corrected chi connectivity index (χ0v) is 11.4. The highest BCUT2D eigenvalue weighted by Crippen LogP contribution is 2.35. The molecule has 1 heterocycles. The molecule has 106 valence electrons. The fourth-order valence-electron chi connectivity index (χ4n) is 2.14. The standard InChI is InChI=1S/C16H14N2O3/c1-10-4-2-5-11(8-10)9-14-17-16(21-18-14)12-6-3-7-13(19)15(12)20/h2-8,19-20H,9H2,1H3. The Balaban J connectivity index is 1.88. The number of aromatic nitrogens is 2. The first-order valence-electron chi connectivity index (χ1n) is 6.53. The number of aryl methyl sites for hydroxylation is 1. The first-order valence-corrected chi connectivity index (χ1v) is 6.53. The van der Waals surface area contributed by atoms with Crippen molar-refractivity contribution in [1.29, 1.82) is 0 Å². The Morgan fingerprint density at radius 2 is 1.90 bits per heavy atom. The highest BCUT2D eigenvalue weighted by atomic mass is 16.5. The molecule has 21 heavy (non-hydrogen) atoms. The Morgan fingerprint density at radius 1 is 1.10 bits per heavy atom. The van der Waals surface area contributed by atoms with Crippen LogP contribution in [0.3, 0.4) is 0 Å². The maximum atomic E-state index is 9.81. The molecule has 2 N–H and O–H groups in total. The van der Waals surface area contributed by atoms with E-state index in [-0.39, 0.29) is 17.4 Å². The summed E-state index contributed by atoms with van der Waals surface area (Å²) < 4.78 is 5.16. The van der Waals surface area contributed by atoms with Gasteiger partial charge >= 0.3 is 0 Å². The van der Waals surface area contributed by atoms with Gasteiger partial charge in [-0.15, -0.1) is 0 Å². The molecule has 0 unspecified atom stereocenters. The van der Waals surface area contributed by atoms with Crippen molar-refractivity contribution in [2.45, 2.75) is 13.3 Å². The maximum absolute atomic E-state index is 9.81. The predicted octanol–water partition coefficient (Wildman–Crippen LogP) is 3.05. The highest BCUT2D eigenvalue weighted by molar-refractivity contribution is 5.66. The minimum absolute atomic E-state index is 0.186. The summed E-state index contributed by atoms with van der Waals surface area (Å²) in [7, 11) is 0. The number of aromatic hydroxyl groups is 2. The molecule has 0 aliphatic heterocycles. The van der Waals surface area contributed by atoms with Gasteiger partial charge < -0.3 is 14.7 Å². The van der Waals surface area contributed by atoms with Crippen molar-refractivity contribution in [3.8, 4) is 23.0 Å². The molecule has 3 rings (SSSR count). The molecule has 0 aliphatic rings. The van der Waals surface area contributed by atoms with Gasteiger partial charge in [0.2, 0.25) is 0 Å². The molecule has 0 amide bonds. The first kappa shape index (κ1) is 13.2. The molecule has 0 saturated carbocycles. The van der Waals surface area contributed by atoms with Crippen LogP contribution < -0.4 is 0 Å². The van der Waals surface area contributed by atoms with E-state index in [1.807, 2.05) is 25.1 Å². The van der Waals surface area contributed by atoms with Gasteiger partial charge in [-0.05, 0) is 24.6 Å². The van der Waals surface area contributed by atoms with Crippen molar-refractivity contribution in [1.82, 2.24) is 10.1 Å². The van der Waals surface area contributed by atoms with Gasteiger partial charge in [-0.1, -0.05) is 41.1 Å². The average molecular weight is 282 g/mol. The molecule has 0 spiro atoms. The quantitative estimate of drug-likeness (QED) is 0.722. The van der Waals surface area contributed by atoms with Crippen molar-refractivity contribution in [3.63, 3.8) is 0 Å². The number of para-hydroxylation sites is 1. The molecule has 3 aromatic rings. The lowest BCUT2D eigenvalue weighted by Gasteiger charge is -2.00. The molecule has 0 radical (unpaired) electrons. The van der Waals surface area contributed by atoms with Crippen LogP contribution in [0.25, 0.3) is 11.5 Å². The predicted molar refractivity (Wildman–Crippen MR) is 77.0 cm³/mol. The van der Waals surface area contributed by atoms with Crippen LogP contribution >= 0.6 is 0 Å². The van der Waals surface area contributed by atoms with Crippen LogP contribution in [0.5, 0.6) is 11.5 Å². The minimum atomic E-state index is -0.261. The fraction of sp³-hybridized carbons (Fsp3) is 0.125. The number of hydrogen-bond acceptors (Lipinski definition) is 5. The monoisotopic (exact) mass is 282 g/mol. The third kappa shape index (κ3) is 2.72. The number of rotatable bonds is 3. The van der Waals surface area contributed by atoms with E-state index in [2.05, 4.69) is 16.2 Å². The summed E-state index contributed by atoms with van der Waals surface area (Å²) in [5, 5.41) is 23.2. The summed E-state index contributed by atoms with van der Waals surface area (Å²) in [6.07, 6.45) is 0.546. The van der Waals surface area contributed by atoms with Crippen molar-refractivity contribution in [3.05, 3.63) is 59.4 Å². The van der Waals surface area contributed by atoms with Crippen LogP contribution in [0.1, 0.15) is 17.0 Å². The Morgan fingerprint density at radius 3 is 2.71 bits per heavy atom. The van der Waals surface area contributed by atoms with E-state index in [1.54, 1.807) is 12.1 Å². The summed E-state index contributed by atoms with van der Waals surface area (Å²) in [4.78, 5) is 4.26. The van der Waals surface area contributed by atoms with Crippen LogP contribution in [0.15, 0.2) is 47.0 Å². The Kier molecular flexibility index (Phi) is 3.31. The Bertz CT molecular complexity index is 781. The van der Waals surface area contributed by atoms with E-state index < -0.39 is 0 Å². The molecule has 0 aliphatic carbocycles. The second-order valence-electron chi connectivity index (χ2n) is 4.85. The molecular formula is C16H14N2O3. The summed E-state index contributed by atoms with van der Waals surface area (Å²) in [6, 6.07) is 12.7. The summed E-state index contributed by atoms with van der Waals surface area (Å²) in [5.74, 6) is 0.235. The second kappa shape index (κ2) is 5.28. The molecule has 0 fully saturated rings. The second-order valence-corrected chi connectivity index (χ2v) is 4.85. The fourth-order valence-corrected chi connectivity index (χ4v) is 2.14. The minimum Gasteiger partial charge on any atom is -0.504 e. The van der Waals surface area contributed by atoms with Gasteiger partial charge in [0.05, 0.1) is 5.56 Å². The third-order valence-corrected chi connectivity index (χ3v) is 3.16. The zero-order chi connectivity index (χ0) is 14.8. The number of nitrogens with zero attached hydrogens (tertiary/aromatic N) is 2. The summed E-state index contributed by atoms with van der Waals surface area (Å²) >= 11 is 0. The number of phenols is 2. The molecule has 0 atom stereocenters. The van der Waals surface area contributed by atoms with Crippen LogP contribution in [-0.2, 0) is 6.42 Å². The number of hydrogen-bond donors (Lipinski definition) is 2. The van der Waals surface area contributed by atoms with E-state index >= 15 is 0 Å². The average Bonchev–Trinajstić information content (AvgIpc) is 2.90. The van der Waals surface area contributed by atoms with Gasteiger partial charge in [0.25, 0.3) is 5.89 Å². The van der Waals surface area contributed by atoms with Gasteiger partial charge in [-0.2, -0.15) is 4.98 Å². The normalized spacial score (nSPS) is 10.7. The van der Waals surface area contributed by atoms with E-state index in [9.17, 15) is 10.2 Å². The van der Waals surface area contributed by atoms with Crippen molar-refractivity contribution >= 4 is 0 Å². The first-order chi connectivity index (χ1) is 10.1. The Hall–Kier alpha value is -2.82. The lowest BCUT2D eigenvalue weighted by Crippen LogP contribution is -1.91. The molecule has 5 heteroatoms. The van der Waals surface area contributed by atoms with Gasteiger partial charge in [-0.25, -0.2) is 0 Å². The van der Waals surface area contributed by atoms with Crippen LogP contribution in [-0.4, -0.2) is 20.4 Å². The number of benzene rings is 2. The number of phenolic OH excluding ortho intramolecular Hbond substituents is 2. The van der Waals surface area contributed by atoms with Crippen LogP contribution in [0, 0.1) is 6.92 Å². The van der Waals surface area contributed by atoms with E-state index in [4.69, 9.17) is 4.52 Å². The van der Waals surface area contributed by atoms with Gasteiger partial charge in [-0.3, -0.25) is 0 Å². The third-order valence-electron chi connectivity index (χ3n) is 3.16. The smallest absolute Gasteiger partial charge is 0.261 e. The molecule has 1 aromatic heterocycles. The van der Waals surface area contributed by atoms with E-state index in [0.717, 1.165) is 5.56 Å². The lowest BCUT2D eigenvalue weighted by molar-refractivity contribution is 0.396. The van der Waals surface area contributed by atoms with Crippen LogP contribution in [0.2, 0.25) is 0 Å². The maximum Gasteiger partial charge on any atom is 0.261 e. The molecule has 0 bridgehead atoms. The topological polar surface area (TPSA) is 79.4 Å².